The standard InChI is InChI=1S/C26H38N4O4S/c1-20-18-24(34-5)19-21(2)26(20)35(32,33)29(4)15-11-25(31)28(3)14-8-22-9-16-30(17-10-22)23-6-12-27-13-7-23/h6-7,12-13,18-19,22H,8-11,14-17H2,1-5H3. The number of pyridine rings is 1. The van der Waals surface area contributed by atoms with Crippen molar-refractivity contribution in [2.75, 3.05) is 52.3 Å². The van der Waals surface area contributed by atoms with Crippen molar-refractivity contribution in [1.82, 2.24) is 14.2 Å². The first-order valence-corrected chi connectivity index (χ1v) is 13.6. The number of hydrogen-bond donors (Lipinski definition) is 0. The van der Waals surface area contributed by atoms with Gasteiger partial charge in [0.2, 0.25) is 15.9 Å². The minimum atomic E-state index is -3.71. The van der Waals surface area contributed by atoms with Gasteiger partial charge < -0.3 is 14.5 Å². The Bertz CT molecular complexity index is 1080. The first-order chi connectivity index (χ1) is 16.6. The van der Waals surface area contributed by atoms with Crippen LogP contribution in [0.25, 0.3) is 0 Å². The maximum atomic E-state index is 13.2. The number of anilines is 1. The van der Waals surface area contributed by atoms with Crippen LogP contribution in [0.2, 0.25) is 0 Å². The number of carbonyl (C=O) groups excluding carboxylic acids is 1. The molecule has 2 heterocycles. The third-order valence-electron chi connectivity index (χ3n) is 6.92. The van der Waals surface area contributed by atoms with Gasteiger partial charge in [0, 0.05) is 64.8 Å². The molecule has 1 aromatic carbocycles. The highest BCUT2D eigenvalue weighted by Gasteiger charge is 2.26. The zero-order valence-electron chi connectivity index (χ0n) is 21.5. The van der Waals surface area contributed by atoms with Crippen LogP contribution in [0.5, 0.6) is 5.75 Å². The van der Waals surface area contributed by atoms with Gasteiger partial charge in [-0.05, 0) is 74.4 Å². The molecule has 0 unspecified atom stereocenters. The van der Waals surface area contributed by atoms with Crippen molar-refractivity contribution < 1.29 is 17.9 Å². The molecule has 0 bridgehead atoms. The summed E-state index contributed by atoms with van der Waals surface area (Å²) in [5.74, 6) is 1.18. The predicted molar refractivity (Wildman–Crippen MR) is 138 cm³/mol. The summed E-state index contributed by atoms with van der Waals surface area (Å²) < 4.78 is 32.9. The van der Waals surface area contributed by atoms with E-state index in [-0.39, 0.29) is 23.8 Å². The van der Waals surface area contributed by atoms with Crippen molar-refractivity contribution in [3.05, 3.63) is 47.8 Å². The number of aromatic nitrogens is 1. The van der Waals surface area contributed by atoms with E-state index in [4.69, 9.17) is 4.74 Å². The summed E-state index contributed by atoms with van der Waals surface area (Å²) in [4.78, 5) is 21.2. The fraction of sp³-hybridized carbons (Fsp3) is 0.538. The number of piperidine rings is 1. The summed E-state index contributed by atoms with van der Waals surface area (Å²) in [7, 11) is 1.19. The molecule has 1 aliphatic heterocycles. The van der Waals surface area contributed by atoms with Crippen LogP contribution in [-0.2, 0) is 14.8 Å². The lowest BCUT2D eigenvalue weighted by molar-refractivity contribution is -0.130. The second kappa shape index (κ2) is 11.9. The van der Waals surface area contributed by atoms with Crippen LogP contribution >= 0.6 is 0 Å². The molecule has 0 atom stereocenters. The molecule has 3 rings (SSSR count). The monoisotopic (exact) mass is 502 g/mol. The fourth-order valence-corrected chi connectivity index (χ4v) is 6.27. The summed E-state index contributed by atoms with van der Waals surface area (Å²) in [6.07, 6.45) is 6.97. The number of nitrogens with zero attached hydrogens (tertiary/aromatic N) is 4. The highest BCUT2D eigenvalue weighted by molar-refractivity contribution is 7.89. The molecule has 0 spiro atoms. The number of ether oxygens (including phenoxy) is 1. The lowest BCUT2D eigenvalue weighted by Gasteiger charge is -2.34. The van der Waals surface area contributed by atoms with E-state index in [1.54, 1.807) is 45.0 Å². The molecule has 1 aromatic heterocycles. The van der Waals surface area contributed by atoms with E-state index in [9.17, 15) is 13.2 Å². The molecular formula is C26H38N4O4S. The van der Waals surface area contributed by atoms with Crippen LogP contribution in [0.3, 0.4) is 0 Å². The summed E-state index contributed by atoms with van der Waals surface area (Å²) in [6.45, 7) is 6.37. The Hall–Kier alpha value is -2.65. The zero-order valence-corrected chi connectivity index (χ0v) is 22.3. The molecular weight excluding hydrogens is 464 g/mol. The molecule has 8 nitrogen and oxygen atoms in total. The molecule has 35 heavy (non-hydrogen) atoms. The molecule has 0 radical (unpaired) electrons. The Labute approximate surface area is 209 Å². The molecule has 1 amide bonds. The predicted octanol–water partition coefficient (Wildman–Crippen LogP) is 3.48. The quantitative estimate of drug-likeness (QED) is 0.495. The third-order valence-corrected chi connectivity index (χ3v) is 9.08. The van der Waals surface area contributed by atoms with Crippen LogP contribution in [0.4, 0.5) is 5.69 Å². The van der Waals surface area contributed by atoms with E-state index in [0.717, 1.165) is 32.4 Å². The smallest absolute Gasteiger partial charge is 0.243 e. The van der Waals surface area contributed by atoms with E-state index in [1.165, 1.54) is 17.0 Å². The van der Waals surface area contributed by atoms with Crippen molar-refractivity contribution in [3.63, 3.8) is 0 Å². The molecule has 0 aliphatic carbocycles. The van der Waals surface area contributed by atoms with Crippen LogP contribution in [-0.4, -0.2) is 75.9 Å². The average molecular weight is 503 g/mol. The summed E-state index contributed by atoms with van der Waals surface area (Å²) >= 11 is 0. The summed E-state index contributed by atoms with van der Waals surface area (Å²) in [6, 6.07) is 7.52. The van der Waals surface area contributed by atoms with Crippen LogP contribution < -0.4 is 9.64 Å². The minimum Gasteiger partial charge on any atom is -0.497 e. The molecule has 2 aromatic rings. The van der Waals surface area contributed by atoms with Gasteiger partial charge in [-0.1, -0.05) is 0 Å². The van der Waals surface area contributed by atoms with Gasteiger partial charge in [-0.2, -0.15) is 0 Å². The lowest BCUT2D eigenvalue weighted by atomic mass is 9.93. The lowest BCUT2D eigenvalue weighted by Crippen LogP contribution is -2.37. The van der Waals surface area contributed by atoms with Gasteiger partial charge in [0.15, 0.2) is 0 Å². The largest absolute Gasteiger partial charge is 0.497 e. The van der Waals surface area contributed by atoms with Gasteiger partial charge >= 0.3 is 0 Å². The van der Waals surface area contributed by atoms with E-state index in [2.05, 4.69) is 9.88 Å². The molecule has 0 N–H and O–H groups in total. The Morgan fingerprint density at radius 2 is 1.69 bits per heavy atom. The molecule has 192 valence electrons. The average Bonchev–Trinajstić information content (AvgIpc) is 2.85. The number of sulfonamides is 1. The molecule has 1 aliphatic rings. The molecule has 1 saturated heterocycles. The highest BCUT2D eigenvalue weighted by Crippen LogP contribution is 2.28. The summed E-state index contributed by atoms with van der Waals surface area (Å²) in [5.41, 5.74) is 2.48. The van der Waals surface area contributed by atoms with Gasteiger partial charge in [-0.15, -0.1) is 0 Å². The molecule has 1 fully saturated rings. The van der Waals surface area contributed by atoms with Crippen LogP contribution in [0, 0.1) is 19.8 Å². The number of aryl methyl sites for hydroxylation is 2. The van der Waals surface area contributed by atoms with E-state index in [0.29, 0.717) is 29.3 Å². The van der Waals surface area contributed by atoms with Crippen molar-refractivity contribution in [3.8, 4) is 5.75 Å². The SMILES string of the molecule is COc1cc(C)c(S(=O)(=O)N(C)CCC(=O)N(C)CCC2CCN(c3ccncc3)CC2)c(C)c1. The van der Waals surface area contributed by atoms with E-state index in [1.807, 2.05) is 24.5 Å². The fourth-order valence-electron chi connectivity index (χ4n) is 4.69. The first-order valence-electron chi connectivity index (χ1n) is 12.1. The highest BCUT2D eigenvalue weighted by atomic mass is 32.2. The van der Waals surface area contributed by atoms with Gasteiger partial charge in [-0.25, -0.2) is 12.7 Å². The number of carbonyl (C=O) groups is 1. The van der Waals surface area contributed by atoms with Crippen molar-refractivity contribution in [1.29, 1.82) is 0 Å². The number of hydrogen-bond acceptors (Lipinski definition) is 6. The Balaban J connectivity index is 1.46. The Morgan fingerprint density at radius 1 is 1.09 bits per heavy atom. The van der Waals surface area contributed by atoms with Gasteiger partial charge in [-0.3, -0.25) is 9.78 Å². The first kappa shape index (κ1) is 26.9. The number of benzene rings is 1. The van der Waals surface area contributed by atoms with Crippen LogP contribution in [0.1, 0.15) is 36.8 Å². The number of rotatable bonds is 10. The molecule has 0 saturated carbocycles. The topological polar surface area (TPSA) is 83.0 Å². The maximum absolute atomic E-state index is 13.2. The van der Waals surface area contributed by atoms with Gasteiger partial charge in [0.1, 0.15) is 5.75 Å². The third kappa shape index (κ3) is 6.73. The van der Waals surface area contributed by atoms with Crippen molar-refractivity contribution in [2.24, 2.45) is 5.92 Å². The zero-order chi connectivity index (χ0) is 25.6. The normalized spacial score (nSPS) is 14.9. The Kier molecular flexibility index (Phi) is 9.13. The van der Waals surface area contributed by atoms with Crippen LogP contribution in [0.15, 0.2) is 41.6 Å². The summed E-state index contributed by atoms with van der Waals surface area (Å²) in [5, 5.41) is 0. The minimum absolute atomic E-state index is 0.0375. The van der Waals surface area contributed by atoms with Crippen molar-refractivity contribution in [2.45, 2.75) is 44.4 Å². The molecule has 9 heteroatoms. The number of methoxy groups -OCH3 is 1. The second-order valence-electron chi connectivity index (χ2n) is 9.41. The maximum Gasteiger partial charge on any atom is 0.243 e. The van der Waals surface area contributed by atoms with Gasteiger partial charge in [0.05, 0.1) is 12.0 Å². The van der Waals surface area contributed by atoms with E-state index >= 15 is 0 Å². The Morgan fingerprint density at radius 3 is 2.26 bits per heavy atom. The van der Waals surface area contributed by atoms with E-state index < -0.39 is 10.0 Å². The van der Waals surface area contributed by atoms with Crippen molar-refractivity contribution >= 4 is 21.6 Å². The van der Waals surface area contributed by atoms with Gasteiger partial charge in [0.25, 0.3) is 0 Å². The number of amides is 1. The second-order valence-corrected chi connectivity index (χ2v) is 11.4.